The van der Waals surface area contributed by atoms with Gasteiger partial charge in [0.2, 0.25) is 5.82 Å². The number of nitrogens with one attached hydrogen (secondary N) is 1. The van der Waals surface area contributed by atoms with Crippen molar-refractivity contribution >= 4 is 22.8 Å². The monoisotopic (exact) mass is 443 g/mol. The first-order valence-electron chi connectivity index (χ1n) is 9.22. The fourth-order valence-electron chi connectivity index (χ4n) is 3.13. The Labute approximate surface area is 179 Å². The quantitative estimate of drug-likeness (QED) is 0.499. The number of ether oxygens (including phenoxy) is 2. The number of carbonyl (C=O) groups is 1. The van der Waals surface area contributed by atoms with Crippen molar-refractivity contribution in [2.75, 3.05) is 19.5 Å². The van der Waals surface area contributed by atoms with E-state index in [4.69, 9.17) is 9.47 Å². The van der Waals surface area contributed by atoms with Gasteiger partial charge in [0.25, 0.3) is 5.91 Å². The van der Waals surface area contributed by atoms with Crippen LogP contribution in [0.2, 0.25) is 0 Å². The predicted molar refractivity (Wildman–Crippen MR) is 109 cm³/mol. The molecular formula is C21H16F3N5O3. The van der Waals surface area contributed by atoms with E-state index in [1.807, 2.05) is 0 Å². The number of nitrogens with zero attached hydrogens (tertiary/aromatic N) is 4. The summed E-state index contributed by atoms with van der Waals surface area (Å²) < 4.78 is 52.0. The Morgan fingerprint density at radius 1 is 1.03 bits per heavy atom. The van der Waals surface area contributed by atoms with Crippen LogP contribution in [0.3, 0.4) is 0 Å². The molecule has 0 spiro atoms. The third kappa shape index (κ3) is 3.92. The van der Waals surface area contributed by atoms with E-state index in [2.05, 4.69) is 20.3 Å². The second kappa shape index (κ2) is 8.17. The highest BCUT2D eigenvalue weighted by atomic mass is 19.4. The van der Waals surface area contributed by atoms with E-state index in [-0.39, 0.29) is 28.2 Å². The molecule has 1 amide bonds. The summed E-state index contributed by atoms with van der Waals surface area (Å²) in [5.74, 6) is -0.966. The Kier molecular flexibility index (Phi) is 5.39. The molecule has 4 aromatic rings. The van der Waals surface area contributed by atoms with Gasteiger partial charge in [-0.1, -0.05) is 12.1 Å². The number of amides is 1. The SMILES string of the molecule is COc1ccc2c(c1)nc(C(F)(F)F)n2-c1cnc(NC(=O)c2ccccc2OC)cn1. The number of carbonyl (C=O) groups excluding carboxylic acids is 1. The lowest BCUT2D eigenvalue weighted by atomic mass is 10.2. The number of aromatic nitrogens is 4. The summed E-state index contributed by atoms with van der Waals surface area (Å²) in [4.78, 5) is 24.3. The number of para-hydroxylation sites is 1. The van der Waals surface area contributed by atoms with Gasteiger partial charge < -0.3 is 14.8 Å². The molecule has 2 heterocycles. The fourth-order valence-corrected chi connectivity index (χ4v) is 3.13. The van der Waals surface area contributed by atoms with Gasteiger partial charge in [0.15, 0.2) is 11.6 Å². The van der Waals surface area contributed by atoms with Crippen LogP contribution in [0.1, 0.15) is 16.2 Å². The van der Waals surface area contributed by atoms with Gasteiger partial charge in [-0.2, -0.15) is 13.2 Å². The number of benzene rings is 2. The Balaban J connectivity index is 1.69. The molecule has 11 heteroatoms. The largest absolute Gasteiger partial charge is 0.497 e. The minimum Gasteiger partial charge on any atom is -0.497 e. The number of rotatable bonds is 5. The molecule has 0 aliphatic heterocycles. The summed E-state index contributed by atoms with van der Waals surface area (Å²) in [5, 5.41) is 2.55. The number of imidazole rings is 1. The number of hydrogen-bond acceptors (Lipinski definition) is 6. The van der Waals surface area contributed by atoms with Crippen molar-refractivity contribution in [1.82, 2.24) is 19.5 Å². The molecule has 0 saturated carbocycles. The van der Waals surface area contributed by atoms with Gasteiger partial charge in [-0.3, -0.25) is 9.36 Å². The van der Waals surface area contributed by atoms with E-state index >= 15 is 0 Å². The van der Waals surface area contributed by atoms with Gasteiger partial charge in [-0.25, -0.2) is 15.0 Å². The van der Waals surface area contributed by atoms with Crippen LogP contribution >= 0.6 is 0 Å². The van der Waals surface area contributed by atoms with Gasteiger partial charge in [-0.15, -0.1) is 0 Å². The number of hydrogen-bond donors (Lipinski definition) is 1. The topological polar surface area (TPSA) is 91.2 Å². The second-order valence-electron chi connectivity index (χ2n) is 6.54. The van der Waals surface area contributed by atoms with E-state index in [1.54, 1.807) is 24.3 Å². The average molecular weight is 443 g/mol. The molecule has 32 heavy (non-hydrogen) atoms. The minimum absolute atomic E-state index is 0.0595. The molecule has 1 N–H and O–H groups in total. The van der Waals surface area contributed by atoms with Crippen LogP contribution in [0.25, 0.3) is 16.9 Å². The van der Waals surface area contributed by atoms with E-state index in [0.29, 0.717) is 11.5 Å². The van der Waals surface area contributed by atoms with Crippen molar-refractivity contribution in [1.29, 1.82) is 0 Å². The molecule has 0 atom stereocenters. The molecule has 164 valence electrons. The molecule has 2 aromatic carbocycles. The van der Waals surface area contributed by atoms with E-state index in [0.717, 1.165) is 17.0 Å². The number of anilines is 1. The van der Waals surface area contributed by atoms with E-state index in [9.17, 15) is 18.0 Å². The Morgan fingerprint density at radius 3 is 2.47 bits per heavy atom. The minimum atomic E-state index is -4.73. The van der Waals surface area contributed by atoms with Crippen LogP contribution in [0.4, 0.5) is 19.0 Å². The number of alkyl halides is 3. The lowest BCUT2D eigenvalue weighted by Crippen LogP contribution is -2.16. The van der Waals surface area contributed by atoms with Crippen LogP contribution in [0, 0.1) is 0 Å². The lowest BCUT2D eigenvalue weighted by molar-refractivity contribution is -0.145. The number of methoxy groups -OCH3 is 2. The second-order valence-corrected chi connectivity index (χ2v) is 6.54. The lowest BCUT2D eigenvalue weighted by Gasteiger charge is -2.11. The van der Waals surface area contributed by atoms with Crippen molar-refractivity contribution in [2.24, 2.45) is 0 Å². The number of halogens is 3. The highest BCUT2D eigenvalue weighted by molar-refractivity contribution is 6.05. The Bertz CT molecular complexity index is 1290. The summed E-state index contributed by atoms with van der Waals surface area (Å²) >= 11 is 0. The Hall–Kier alpha value is -4.15. The zero-order chi connectivity index (χ0) is 22.9. The van der Waals surface area contributed by atoms with Crippen molar-refractivity contribution in [3.05, 3.63) is 66.2 Å². The van der Waals surface area contributed by atoms with Crippen LogP contribution in [0.15, 0.2) is 54.9 Å². The summed E-state index contributed by atoms with van der Waals surface area (Å²) in [7, 11) is 2.84. The summed E-state index contributed by atoms with van der Waals surface area (Å²) in [5.41, 5.74) is 0.542. The predicted octanol–water partition coefficient (Wildman–Crippen LogP) is 4.10. The van der Waals surface area contributed by atoms with Crippen LogP contribution in [-0.4, -0.2) is 39.6 Å². The van der Waals surface area contributed by atoms with Gasteiger partial charge in [-0.05, 0) is 24.3 Å². The van der Waals surface area contributed by atoms with Crippen molar-refractivity contribution < 1.29 is 27.4 Å². The standard InChI is InChI=1S/C21H16F3N5O3/c1-31-12-7-8-15-14(9-12)27-20(21(22,23)24)29(15)18-11-25-17(10-26-18)28-19(30)13-5-3-4-6-16(13)32-2/h3-11H,1-2H3,(H,25,28,30). The van der Waals surface area contributed by atoms with Gasteiger partial charge in [0.1, 0.15) is 11.5 Å². The molecule has 0 saturated heterocycles. The molecule has 0 aliphatic carbocycles. The summed E-state index contributed by atoms with van der Waals surface area (Å²) in [6.45, 7) is 0. The molecule has 0 bridgehead atoms. The smallest absolute Gasteiger partial charge is 0.450 e. The van der Waals surface area contributed by atoms with Gasteiger partial charge in [0, 0.05) is 6.07 Å². The van der Waals surface area contributed by atoms with Crippen molar-refractivity contribution in [3.63, 3.8) is 0 Å². The zero-order valence-corrected chi connectivity index (χ0v) is 16.8. The maximum atomic E-state index is 13.6. The zero-order valence-electron chi connectivity index (χ0n) is 16.8. The average Bonchev–Trinajstić information content (AvgIpc) is 3.18. The first kappa shape index (κ1) is 21.1. The van der Waals surface area contributed by atoms with E-state index < -0.39 is 17.9 Å². The van der Waals surface area contributed by atoms with Crippen molar-refractivity contribution in [2.45, 2.75) is 6.18 Å². The molecule has 0 aliphatic rings. The summed E-state index contributed by atoms with van der Waals surface area (Å²) in [6, 6.07) is 11.0. The normalized spacial score (nSPS) is 11.4. The maximum Gasteiger partial charge on any atom is 0.450 e. The first-order valence-corrected chi connectivity index (χ1v) is 9.22. The van der Waals surface area contributed by atoms with Gasteiger partial charge >= 0.3 is 6.18 Å². The van der Waals surface area contributed by atoms with Crippen LogP contribution < -0.4 is 14.8 Å². The molecule has 2 aromatic heterocycles. The summed E-state index contributed by atoms with van der Waals surface area (Å²) in [6.07, 6.45) is -2.44. The first-order chi connectivity index (χ1) is 15.3. The molecule has 8 nitrogen and oxygen atoms in total. The molecule has 4 rings (SSSR count). The number of fused-ring (bicyclic) bond motifs is 1. The molecule has 0 fully saturated rings. The molecule has 0 unspecified atom stereocenters. The van der Waals surface area contributed by atoms with Crippen LogP contribution in [-0.2, 0) is 6.18 Å². The third-order valence-corrected chi connectivity index (χ3v) is 4.58. The highest BCUT2D eigenvalue weighted by Gasteiger charge is 2.38. The third-order valence-electron chi connectivity index (χ3n) is 4.58. The maximum absolute atomic E-state index is 13.6. The molecule has 0 radical (unpaired) electrons. The van der Waals surface area contributed by atoms with Crippen molar-refractivity contribution in [3.8, 4) is 17.3 Å². The Morgan fingerprint density at radius 2 is 1.81 bits per heavy atom. The highest BCUT2D eigenvalue weighted by Crippen LogP contribution is 2.34. The van der Waals surface area contributed by atoms with E-state index in [1.165, 1.54) is 32.4 Å². The molecular weight excluding hydrogens is 427 g/mol. The van der Waals surface area contributed by atoms with Gasteiger partial charge in [0.05, 0.1) is 43.2 Å². The fraction of sp³-hybridized carbons (Fsp3) is 0.143. The van der Waals surface area contributed by atoms with Crippen LogP contribution in [0.5, 0.6) is 11.5 Å².